The largest absolute Gasteiger partial charge is 0.457 e. The van der Waals surface area contributed by atoms with Crippen LogP contribution >= 0.6 is 23.1 Å². The highest BCUT2D eigenvalue weighted by Gasteiger charge is 2.22. The van der Waals surface area contributed by atoms with Gasteiger partial charge in [-0.05, 0) is 12.8 Å². The molecule has 0 radical (unpaired) electrons. The molecule has 0 saturated heterocycles. The van der Waals surface area contributed by atoms with Gasteiger partial charge in [0, 0.05) is 11.5 Å². The van der Waals surface area contributed by atoms with Gasteiger partial charge in [-0.3, -0.25) is 9.59 Å². The number of esters is 1. The van der Waals surface area contributed by atoms with Crippen LogP contribution in [-0.2, 0) is 14.3 Å². The molecule has 0 aliphatic heterocycles. The molecular formula is C16H25N3O3S2. The van der Waals surface area contributed by atoms with E-state index >= 15 is 0 Å². The van der Waals surface area contributed by atoms with E-state index in [2.05, 4.69) is 15.5 Å². The zero-order valence-corrected chi connectivity index (χ0v) is 16.1. The SMILES string of the molecule is CC(C)(C)C(=O)COC(=O)CSc1nnc(NC2CCCCC2)s1. The fourth-order valence-corrected chi connectivity index (χ4v) is 3.90. The molecule has 1 aliphatic rings. The summed E-state index contributed by atoms with van der Waals surface area (Å²) < 4.78 is 5.74. The van der Waals surface area contributed by atoms with Gasteiger partial charge in [-0.25, -0.2) is 0 Å². The molecule has 0 spiro atoms. The number of Topliss-reactive ketones (excluding diaryl/α,β-unsaturated/α-hetero) is 1. The molecule has 1 heterocycles. The molecule has 134 valence electrons. The third-order valence-electron chi connectivity index (χ3n) is 3.85. The number of ketones is 1. The lowest BCUT2D eigenvalue weighted by Crippen LogP contribution is -2.26. The molecule has 24 heavy (non-hydrogen) atoms. The molecule has 6 nitrogen and oxygen atoms in total. The average molecular weight is 372 g/mol. The lowest BCUT2D eigenvalue weighted by molar-refractivity contribution is -0.147. The van der Waals surface area contributed by atoms with Crippen LogP contribution in [-0.4, -0.2) is 40.4 Å². The first kappa shape index (κ1) is 19.2. The summed E-state index contributed by atoms with van der Waals surface area (Å²) in [6.45, 7) is 5.24. The minimum atomic E-state index is -0.494. The summed E-state index contributed by atoms with van der Waals surface area (Å²) >= 11 is 2.74. The number of nitrogens with zero attached hydrogens (tertiary/aromatic N) is 2. The van der Waals surface area contributed by atoms with Crippen molar-refractivity contribution in [2.24, 2.45) is 5.41 Å². The lowest BCUT2D eigenvalue weighted by atomic mass is 9.91. The second-order valence-electron chi connectivity index (χ2n) is 6.97. The molecule has 1 saturated carbocycles. The normalized spacial score (nSPS) is 16.0. The maximum absolute atomic E-state index is 11.7. The molecule has 1 N–H and O–H groups in total. The number of hydrogen-bond donors (Lipinski definition) is 1. The number of aromatic nitrogens is 2. The Morgan fingerprint density at radius 2 is 1.96 bits per heavy atom. The van der Waals surface area contributed by atoms with Crippen LogP contribution in [0.3, 0.4) is 0 Å². The molecule has 8 heteroatoms. The average Bonchev–Trinajstić information content (AvgIpc) is 2.98. The molecule has 1 aromatic rings. The van der Waals surface area contributed by atoms with Crippen LogP contribution in [0.15, 0.2) is 4.34 Å². The summed E-state index contributed by atoms with van der Waals surface area (Å²) in [6, 6.07) is 0.484. The van der Waals surface area contributed by atoms with Gasteiger partial charge in [0.05, 0.1) is 5.75 Å². The summed E-state index contributed by atoms with van der Waals surface area (Å²) in [5.41, 5.74) is -0.494. The number of carbonyl (C=O) groups excluding carboxylic acids is 2. The molecule has 0 amide bonds. The third kappa shape index (κ3) is 6.39. The van der Waals surface area contributed by atoms with Gasteiger partial charge in [0.25, 0.3) is 0 Å². The number of nitrogens with one attached hydrogen (secondary N) is 1. The maximum Gasteiger partial charge on any atom is 0.316 e. The molecule has 0 unspecified atom stereocenters. The highest BCUT2D eigenvalue weighted by molar-refractivity contribution is 8.01. The van der Waals surface area contributed by atoms with E-state index < -0.39 is 11.4 Å². The minimum absolute atomic E-state index is 0.0873. The molecule has 2 rings (SSSR count). The summed E-state index contributed by atoms with van der Waals surface area (Å²) in [5.74, 6) is -0.361. The molecule has 1 fully saturated rings. The van der Waals surface area contributed by atoms with Crippen LogP contribution < -0.4 is 5.32 Å². The van der Waals surface area contributed by atoms with Gasteiger partial charge in [-0.15, -0.1) is 10.2 Å². The van der Waals surface area contributed by atoms with Gasteiger partial charge in [-0.2, -0.15) is 0 Å². The number of carbonyl (C=O) groups is 2. The van der Waals surface area contributed by atoms with Crippen molar-refractivity contribution in [1.29, 1.82) is 0 Å². The van der Waals surface area contributed by atoms with Crippen LogP contribution in [0.2, 0.25) is 0 Å². The Labute approximate surface area is 151 Å². The molecule has 0 aromatic carbocycles. The lowest BCUT2D eigenvalue weighted by Gasteiger charge is -2.21. The van der Waals surface area contributed by atoms with Crippen LogP contribution in [0.1, 0.15) is 52.9 Å². The Morgan fingerprint density at radius 3 is 2.62 bits per heavy atom. The van der Waals surface area contributed by atoms with E-state index in [-0.39, 0.29) is 18.1 Å². The first-order valence-electron chi connectivity index (χ1n) is 8.26. The van der Waals surface area contributed by atoms with E-state index in [1.54, 1.807) is 20.8 Å². The Hall–Kier alpha value is -1.15. The van der Waals surface area contributed by atoms with Crippen molar-refractivity contribution in [3.63, 3.8) is 0 Å². The molecular weight excluding hydrogens is 346 g/mol. The Balaban J connectivity index is 1.70. The minimum Gasteiger partial charge on any atom is -0.457 e. The Bertz CT molecular complexity index is 563. The first-order chi connectivity index (χ1) is 11.3. The standard InChI is InChI=1S/C16H25N3O3S2/c1-16(2,3)12(20)9-22-13(21)10-23-15-19-18-14(24-15)17-11-7-5-4-6-8-11/h11H,4-10H2,1-3H3,(H,17,18). The topological polar surface area (TPSA) is 81.2 Å². The monoisotopic (exact) mass is 371 g/mol. The van der Waals surface area contributed by atoms with Gasteiger partial charge in [0.15, 0.2) is 16.7 Å². The zero-order chi connectivity index (χ0) is 17.6. The number of hydrogen-bond acceptors (Lipinski definition) is 8. The van der Waals surface area contributed by atoms with Gasteiger partial charge >= 0.3 is 5.97 Å². The van der Waals surface area contributed by atoms with Crippen LogP contribution in [0.25, 0.3) is 0 Å². The Morgan fingerprint density at radius 1 is 1.25 bits per heavy atom. The molecule has 0 bridgehead atoms. The fraction of sp³-hybridized carbons (Fsp3) is 0.750. The Kier molecular flexibility index (Phi) is 7.03. The van der Waals surface area contributed by atoms with Crippen molar-refractivity contribution < 1.29 is 14.3 Å². The number of ether oxygens (including phenoxy) is 1. The third-order valence-corrected chi connectivity index (χ3v) is 5.81. The summed E-state index contributed by atoms with van der Waals surface area (Å²) in [4.78, 5) is 23.4. The predicted octanol–water partition coefficient (Wildman–Crippen LogP) is 3.53. The highest BCUT2D eigenvalue weighted by atomic mass is 32.2. The van der Waals surface area contributed by atoms with E-state index in [1.807, 2.05) is 0 Å². The van der Waals surface area contributed by atoms with Crippen molar-refractivity contribution in [2.75, 3.05) is 17.7 Å². The summed E-state index contributed by atoms with van der Waals surface area (Å²) in [6.07, 6.45) is 6.19. The zero-order valence-electron chi connectivity index (χ0n) is 14.5. The van der Waals surface area contributed by atoms with Crippen LogP contribution in [0.4, 0.5) is 5.13 Å². The van der Waals surface area contributed by atoms with Crippen LogP contribution in [0.5, 0.6) is 0 Å². The number of anilines is 1. The second-order valence-corrected chi connectivity index (χ2v) is 9.17. The van der Waals surface area contributed by atoms with E-state index in [4.69, 9.17) is 4.74 Å². The van der Waals surface area contributed by atoms with E-state index in [9.17, 15) is 9.59 Å². The summed E-state index contributed by atoms with van der Waals surface area (Å²) in [5, 5.41) is 12.4. The molecule has 1 aromatic heterocycles. The van der Waals surface area contributed by atoms with Crippen LogP contribution in [0, 0.1) is 5.41 Å². The van der Waals surface area contributed by atoms with Crippen molar-refractivity contribution in [2.45, 2.75) is 63.3 Å². The first-order valence-corrected chi connectivity index (χ1v) is 10.1. The van der Waals surface area contributed by atoms with Gasteiger partial charge in [0.1, 0.15) is 0 Å². The molecule has 0 atom stereocenters. The second kappa shape index (κ2) is 8.80. The quantitative estimate of drug-likeness (QED) is 0.580. The van der Waals surface area contributed by atoms with Crippen molar-refractivity contribution in [1.82, 2.24) is 10.2 Å². The fourth-order valence-electron chi connectivity index (χ4n) is 2.27. The maximum atomic E-state index is 11.7. The van der Waals surface area contributed by atoms with Crippen molar-refractivity contribution >= 4 is 40.0 Å². The van der Waals surface area contributed by atoms with E-state index in [0.717, 1.165) is 9.47 Å². The van der Waals surface area contributed by atoms with Crippen molar-refractivity contribution in [3.8, 4) is 0 Å². The number of thioether (sulfide) groups is 1. The van der Waals surface area contributed by atoms with Gasteiger partial charge < -0.3 is 10.1 Å². The predicted molar refractivity (Wildman–Crippen MR) is 96.5 cm³/mol. The molecule has 1 aliphatic carbocycles. The number of rotatable bonds is 7. The van der Waals surface area contributed by atoms with Gasteiger partial charge in [0.2, 0.25) is 5.13 Å². The highest BCUT2D eigenvalue weighted by Crippen LogP contribution is 2.28. The van der Waals surface area contributed by atoms with E-state index in [1.165, 1.54) is 55.2 Å². The van der Waals surface area contributed by atoms with Crippen molar-refractivity contribution in [3.05, 3.63) is 0 Å². The summed E-state index contributed by atoms with van der Waals surface area (Å²) in [7, 11) is 0. The van der Waals surface area contributed by atoms with E-state index in [0.29, 0.717) is 6.04 Å². The smallest absolute Gasteiger partial charge is 0.316 e. The van der Waals surface area contributed by atoms with Gasteiger partial charge in [-0.1, -0.05) is 63.1 Å².